The normalized spacial score (nSPS) is 18.3. The Morgan fingerprint density at radius 2 is 1.95 bits per heavy atom. The monoisotopic (exact) mass is 326 g/mol. The van der Waals surface area contributed by atoms with Crippen molar-refractivity contribution < 1.29 is 9.53 Å². The molecule has 2 rings (SSSR count). The van der Waals surface area contributed by atoms with Gasteiger partial charge in [0.25, 0.3) is 0 Å². The molecule has 0 bridgehead atoms. The largest absolute Gasteiger partial charge is 0.444 e. The van der Waals surface area contributed by atoms with Crippen molar-refractivity contribution in [3.63, 3.8) is 0 Å². The number of rotatable bonds is 1. The van der Waals surface area contributed by atoms with Crippen molar-refractivity contribution in [2.45, 2.75) is 45.8 Å². The van der Waals surface area contributed by atoms with E-state index in [1.165, 1.54) is 0 Å². The molecule has 122 valence electrons. The molecule has 1 aromatic heterocycles. The lowest BCUT2D eigenvalue weighted by Gasteiger charge is -2.47. The molecule has 1 aliphatic heterocycles. The Morgan fingerprint density at radius 1 is 1.27 bits per heavy atom. The number of amides is 1. The number of aromatic nitrogens is 2. The molecule has 22 heavy (non-hydrogen) atoms. The lowest BCUT2D eigenvalue weighted by molar-refractivity contribution is 0.000305. The van der Waals surface area contributed by atoms with Crippen LogP contribution >= 0.6 is 11.6 Å². The van der Waals surface area contributed by atoms with E-state index >= 15 is 0 Å². The number of anilines is 1. The third kappa shape index (κ3) is 4.00. The number of carbonyl (C=O) groups excluding carboxylic acids is 1. The predicted octanol–water partition coefficient (Wildman–Crippen LogP) is 2.97. The van der Waals surface area contributed by atoms with Crippen LogP contribution in [0.25, 0.3) is 0 Å². The van der Waals surface area contributed by atoms with Crippen molar-refractivity contribution in [1.82, 2.24) is 15.1 Å². The standard InChI is InChI=1S/C15H23ClN4O2/c1-14(2,3)22-13(21)20-9-8-19(10-15(20,4)5)12-7-6-11(16)17-18-12/h6-7H,8-10H2,1-5H3. The van der Waals surface area contributed by atoms with Gasteiger partial charge in [-0.1, -0.05) is 11.6 Å². The molecule has 2 heterocycles. The Kier molecular flexibility index (Phi) is 4.52. The quantitative estimate of drug-likeness (QED) is 0.794. The molecule has 0 spiro atoms. The fraction of sp³-hybridized carbons (Fsp3) is 0.667. The number of piperazine rings is 1. The first kappa shape index (κ1) is 16.8. The van der Waals surface area contributed by atoms with E-state index in [1.807, 2.05) is 40.7 Å². The van der Waals surface area contributed by atoms with Gasteiger partial charge in [-0.2, -0.15) is 0 Å². The van der Waals surface area contributed by atoms with Crippen LogP contribution in [-0.2, 0) is 4.74 Å². The van der Waals surface area contributed by atoms with E-state index < -0.39 is 5.60 Å². The molecule has 0 unspecified atom stereocenters. The maximum atomic E-state index is 12.4. The molecular formula is C15H23ClN4O2. The molecule has 1 amide bonds. The van der Waals surface area contributed by atoms with Crippen molar-refractivity contribution in [3.05, 3.63) is 17.3 Å². The average molecular weight is 327 g/mol. The van der Waals surface area contributed by atoms with Gasteiger partial charge in [0.1, 0.15) is 5.60 Å². The number of nitrogens with zero attached hydrogens (tertiary/aromatic N) is 4. The Bertz CT molecular complexity index is 539. The highest BCUT2D eigenvalue weighted by Gasteiger charge is 2.39. The van der Waals surface area contributed by atoms with E-state index in [1.54, 1.807) is 11.0 Å². The van der Waals surface area contributed by atoms with Crippen LogP contribution in [0.1, 0.15) is 34.6 Å². The molecule has 1 aromatic rings. The Hall–Kier alpha value is -1.56. The van der Waals surface area contributed by atoms with Crippen LogP contribution in [0, 0.1) is 0 Å². The van der Waals surface area contributed by atoms with Gasteiger partial charge in [0.2, 0.25) is 0 Å². The highest BCUT2D eigenvalue weighted by Crippen LogP contribution is 2.26. The van der Waals surface area contributed by atoms with Crippen molar-refractivity contribution in [1.29, 1.82) is 0 Å². The van der Waals surface area contributed by atoms with Crippen molar-refractivity contribution >= 4 is 23.5 Å². The van der Waals surface area contributed by atoms with Gasteiger partial charge in [-0.15, -0.1) is 10.2 Å². The first-order chi connectivity index (χ1) is 10.1. The smallest absolute Gasteiger partial charge is 0.410 e. The van der Waals surface area contributed by atoms with Crippen molar-refractivity contribution in [2.24, 2.45) is 0 Å². The van der Waals surface area contributed by atoms with Gasteiger partial charge >= 0.3 is 6.09 Å². The third-order valence-electron chi connectivity index (χ3n) is 3.46. The van der Waals surface area contributed by atoms with Gasteiger partial charge in [0.05, 0.1) is 5.54 Å². The lowest BCUT2D eigenvalue weighted by Crippen LogP contribution is -2.62. The number of carbonyl (C=O) groups is 1. The molecule has 1 fully saturated rings. The minimum atomic E-state index is -0.494. The maximum absolute atomic E-state index is 12.4. The zero-order valence-corrected chi connectivity index (χ0v) is 14.5. The van der Waals surface area contributed by atoms with E-state index in [-0.39, 0.29) is 11.6 Å². The molecular weight excluding hydrogens is 304 g/mol. The minimum Gasteiger partial charge on any atom is -0.444 e. The van der Waals surface area contributed by atoms with Crippen molar-refractivity contribution in [3.8, 4) is 0 Å². The van der Waals surface area contributed by atoms with Gasteiger partial charge in [0.15, 0.2) is 11.0 Å². The summed E-state index contributed by atoms with van der Waals surface area (Å²) in [6.45, 7) is 11.6. The van der Waals surface area contributed by atoms with Crippen LogP contribution in [0.5, 0.6) is 0 Å². The first-order valence-corrected chi connectivity index (χ1v) is 7.71. The summed E-state index contributed by atoms with van der Waals surface area (Å²) in [4.78, 5) is 16.2. The van der Waals surface area contributed by atoms with E-state index in [0.717, 1.165) is 5.82 Å². The van der Waals surface area contributed by atoms with Crippen molar-refractivity contribution in [2.75, 3.05) is 24.5 Å². The highest BCUT2D eigenvalue weighted by atomic mass is 35.5. The Morgan fingerprint density at radius 3 is 2.45 bits per heavy atom. The van der Waals surface area contributed by atoms with Crippen LogP contribution in [-0.4, -0.2) is 52.0 Å². The molecule has 7 heteroatoms. The van der Waals surface area contributed by atoms with Crippen LogP contribution in [0.15, 0.2) is 12.1 Å². The molecule has 6 nitrogen and oxygen atoms in total. The van der Waals surface area contributed by atoms with E-state index in [4.69, 9.17) is 16.3 Å². The second kappa shape index (κ2) is 5.91. The first-order valence-electron chi connectivity index (χ1n) is 7.33. The highest BCUT2D eigenvalue weighted by molar-refractivity contribution is 6.29. The van der Waals surface area contributed by atoms with Gasteiger partial charge in [0, 0.05) is 19.6 Å². The van der Waals surface area contributed by atoms with Crippen LogP contribution in [0.4, 0.5) is 10.6 Å². The second-order valence-corrected chi connectivity index (χ2v) is 7.47. The fourth-order valence-corrected chi connectivity index (χ4v) is 2.58. The molecule has 1 saturated heterocycles. The Balaban J connectivity index is 2.09. The molecule has 0 N–H and O–H groups in total. The molecule has 0 atom stereocenters. The fourth-order valence-electron chi connectivity index (χ4n) is 2.48. The second-order valence-electron chi connectivity index (χ2n) is 7.08. The summed E-state index contributed by atoms with van der Waals surface area (Å²) in [5.41, 5.74) is -0.853. The van der Waals surface area contributed by atoms with Gasteiger partial charge in [-0.3, -0.25) is 4.90 Å². The number of hydrogen-bond acceptors (Lipinski definition) is 5. The van der Waals surface area contributed by atoms with E-state index in [0.29, 0.717) is 24.8 Å². The lowest BCUT2D eigenvalue weighted by atomic mass is 9.99. The van der Waals surface area contributed by atoms with Crippen LogP contribution < -0.4 is 4.90 Å². The predicted molar refractivity (Wildman–Crippen MR) is 86.3 cm³/mol. The number of hydrogen-bond donors (Lipinski definition) is 0. The SMILES string of the molecule is CC(C)(C)OC(=O)N1CCN(c2ccc(Cl)nn2)CC1(C)C. The van der Waals surface area contributed by atoms with Crippen LogP contribution in [0.2, 0.25) is 5.15 Å². The molecule has 0 aromatic carbocycles. The summed E-state index contributed by atoms with van der Waals surface area (Å²) in [5, 5.41) is 8.35. The summed E-state index contributed by atoms with van der Waals surface area (Å²) in [6, 6.07) is 3.56. The Labute approximate surface area is 136 Å². The third-order valence-corrected chi connectivity index (χ3v) is 3.66. The molecule has 0 radical (unpaired) electrons. The van der Waals surface area contributed by atoms with E-state index in [9.17, 15) is 4.79 Å². The number of halogens is 1. The summed E-state index contributed by atoms with van der Waals surface area (Å²) in [7, 11) is 0. The number of ether oxygens (including phenoxy) is 1. The van der Waals surface area contributed by atoms with Gasteiger partial charge in [-0.05, 0) is 46.8 Å². The summed E-state index contributed by atoms with van der Waals surface area (Å²) in [6.07, 6.45) is -0.278. The maximum Gasteiger partial charge on any atom is 0.410 e. The van der Waals surface area contributed by atoms with Gasteiger partial charge < -0.3 is 9.64 Å². The summed E-state index contributed by atoms with van der Waals surface area (Å²) < 4.78 is 5.49. The molecule has 0 aliphatic carbocycles. The molecule has 1 aliphatic rings. The van der Waals surface area contributed by atoms with Gasteiger partial charge in [-0.25, -0.2) is 4.79 Å². The summed E-state index contributed by atoms with van der Waals surface area (Å²) >= 11 is 5.77. The molecule has 0 saturated carbocycles. The zero-order valence-electron chi connectivity index (χ0n) is 13.8. The zero-order chi connectivity index (χ0) is 16.5. The minimum absolute atomic E-state index is 0.278. The summed E-state index contributed by atoms with van der Waals surface area (Å²) in [5.74, 6) is 0.765. The average Bonchev–Trinajstić information content (AvgIpc) is 2.36. The van der Waals surface area contributed by atoms with Crippen LogP contribution in [0.3, 0.4) is 0 Å². The topological polar surface area (TPSA) is 58.6 Å². The van der Waals surface area contributed by atoms with E-state index in [2.05, 4.69) is 15.1 Å².